The smallest absolute Gasteiger partial charge is 0.0929 e. The van der Waals surface area contributed by atoms with Gasteiger partial charge in [-0.1, -0.05) is 0 Å². The zero-order valence-electron chi connectivity index (χ0n) is 9.08. The summed E-state index contributed by atoms with van der Waals surface area (Å²) in [7, 11) is 2.23. The summed E-state index contributed by atoms with van der Waals surface area (Å²) in [6, 6.07) is 0.875. The topological polar surface area (TPSA) is 16.1 Å². The lowest BCUT2D eigenvalue weighted by Gasteiger charge is -2.14. The van der Waals surface area contributed by atoms with Gasteiger partial charge in [0, 0.05) is 17.8 Å². The van der Waals surface area contributed by atoms with Gasteiger partial charge in [0.1, 0.15) is 0 Å². The molecule has 0 aliphatic heterocycles. The fourth-order valence-corrected chi connectivity index (χ4v) is 2.77. The maximum Gasteiger partial charge on any atom is 0.0929 e. The molecule has 1 aliphatic rings. The first-order valence-corrected chi connectivity index (χ1v) is 6.90. The van der Waals surface area contributed by atoms with Crippen LogP contribution in [0.1, 0.15) is 30.0 Å². The van der Waals surface area contributed by atoms with Gasteiger partial charge in [-0.25, -0.2) is 4.98 Å². The van der Waals surface area contributed by atoms with Crippen molar-refractivity contribution in [2.24, 2.45) is 0 Å². The first-order valence-electron chi connectivity index (χ1n) is 5.49. The number of halogens is 1. The van der Waals surface area contributed by atoms with E-state index in [9.17, 15) is 0 Å². The van der Waals surface area contributed by atoms with E-state index in [1.54, 1.807) is 11.3 Å². The lowest BCUT2D eigenvalue weighted by molar-refractivity contribution is 0.319. The molecule has 1 aliphatic carbocycles. The quantitative estimate of drug-likeness (QED) is 0.716. The largest absolute Gasteiger partial charge is 0.303 e. The van der Waals surface area contributed by atoms with E-state index >= 15 is 0 Å². The van der Waals surface area contributed by atoms with E-state index in [-0.39, 0.29) is 0 Å². The van der Waals surface area contributed by atoms with Crippen molar-refractivity contribution in [1.29, 1.82) is 0 Å². The molecule has 0 bridgehead atoms. The molecule has 0 saturated heterocycles. The van der Waals surface area contributed by atoms with Crippen molar-refractivity contribution >= 4 is 22.9 Å². The highest BCUT2D eigenvalue weighted by molar-refractivity contribution is 7.09. The number of nitrogens with zero attached hydrogens (tertiary/aromatic N) is 2. The normalized spacial score (nSPS) is 16.2. The fraction of sp³-hybridized carbons (Fsp3) is 0.727. The standard InChI is InChI=1S/C11H17ClN2S/c1-14(10-4-5-10)6-2-3-11-13-9(7-12)8-15-11/h8,10H,2-7H2,1H3. The van der Waals surface area contributed by atoms with E-state index in [0.717, 1.165) is 18.2 Å². The van der Waals surface area contributed by atoms with E-state index in [4.69, 9.17) is 11.6 Å². The van der Waals surface area contributed by atoms with Crippen molar-refractivity contribution < 1.29 is 0 Å². The number of aryl methyl sites for hydroxylation is 1. The van der Waals surface area contributed by atoms with Gasteiger partial charge in [0.25, 0.3) is 0 Å². The number of hydrogen-bond donors (Lipinski definition) is 0. The molecule has 0 unspecified atom stereocenters. The molecule has 1 fully saturated rings. The second-order valence-electron chi connectivity index (χ2n) is 4.18. The highest BCUT2D eigenvalue weighted by atomic mass is 35.5. The third-order valence-corrected chi connectivity index (χ3v) is 4.04. The van der Waals surface area contributed by atoms with Gasteiger partial charge in [-0.3, -0.25) is 0 Å². The Hall–Kier alpha value is -0.120. The minimum atomic E-state index is 0.540. The minimum Gasteiger partial charge on any atom is -0.303 e. The first kappa shape index (κ1) is 11.4. The Morgan fingerprint density at radius 1 is 1.60 bits per heavy atom. The van der Waals surface area contributed by atoms with Crippen LogP contribution in [0.2, 0.25) is 0 Å². The van der Waals surface area contributed by atoms with Crippen LogP contribution >= 0.6 is 22.9 Å². The second-order valence-corrected chi connectivity index (χ2v) is 5.39. The molecular formula is C11H17ClN2S. The van der Waals surface area contributed by atoms with Crippen molar-refractivity contribution in [1.82, 2.24) is 9.88 Å². The summed E-state index contributed by atoms with van der Waals surface area (Å²) in [5.74, 6) is 0.540. The lowest BCUT2D eigenvalue weighted by atomic mass is 10.3. The molecule has 2 nitrogen and oxygen atoms in total. The van der Waals surface area contributed by atoms with Gasteiger partial charge in [0.15, 0.2) is 0 Å². The van der Waals surface area contributed by atoms with Gasteiger partial charge in [0.2, 0.25) is 0 Å². The third-order valence-electron chi connectivity index (χ3n) is 2.81. The Kier molecular flexibility index (Phi) is 4.00. The summed E-state index contributed by atoms with van der Waals surface area (Å²) in [6.45, 7) is 1.19. The lowest BCUT2D eigenvalue weighted by Crippen LogP contribution is -2.22. The average Bonchev–Trinajstić information content (AvgIpc) is 2.99. The highest BCUT2D eigenvalue weighted by Crippen LogP contribution is 2.25. The van der Waals surface area contributed by atoms with Gasteiger partial charge < -0.3 is 4.90 Å². The summed E-state index contributed by atoms with van der Waals surface area (Å²) in [5, 5.41) is 3.29. The maximum atomic E-state index is 5.71. The van der Waals surface area contributed by atoms with E-state index in [2.05, 4.69) is 22.3 Å². The van der Waals surface area contributed by atoms with Crippen molar-refractivity contribution in [3.8, 4) is 0 Å². The molecule has 0 N–H and O–H groups in total. The molecular weight excluding hydrogens is 228 g/mol. The summed E-state index contributed by atoms with van der Waals surface area (Å²) in [4.78, 5) is 6.92. The van der Waals surface area contributed by atoms with Gasteiger partial charge in [-0.05, 0) is 32.9 Å². The molecule has 4 heteroatoms. The molecule has 15 heavy (non-hydrogen) atoms. The summed E-state index contributed by atoms with van der Waals surface area (Å²) < 4.78 is 0. The molecule has 1 heterocycles. The van der Waals surface area contributed by atoms with Gasteiger partial charge in [-0.15, -0.1) is 22.9 Å². The van der Waals surface area contributed by atoms with Crippen LogP contribution in [0, 0.1) is 0 Å². The van der Waals surface area contributed by atoms with Crippen LogP contribution in [0.3, 0.4) is 0 Å². The van der Waals surface area contributed by atoms with E-state index in [0.29, 0.717) is 5.88 Å². The Morgan fingerprint density at radius 3 is 3.00 bits per heavy atom. The number of alkyl halides is 1. The Labute approximate surface area is 100 Å². The van der Waals surface area contributed by atoms with E-state index in [1.165, 1.54) is 30.8 Å². The molecule has 0 aromatic carbocycles. The van der Waals surface area contributed by atoms with Crippen molar-refractivity contribution in [3.05, 3.63) is 16.1 Å². The van der Waals surface area contributed by atoms with Crippen LogP contribution in [-0.2, 0) is 12.3 Å². The van der Waals surface area contributed by atoms with Crippen LogP contribution in [0.15, 0.2) is 5.38 Å². The highest BCUT2D eigenvalue weighted by Gasteiger charge is 2.25. The van der Waals surface area contributed by atoms with Crippen LogP contribution in [0.4, 0.5) is 0 Å². The molecule has 0 atom stereocenters. The Balaban J connectivity index is 1.68. The van der Waals surface area contributed by atoms with Crippen molar-refractivity contribution in [2.45, 2.75) is 37.6 Å². The molecule has 84 valence electrons. The second kappa shape index (κ2) is 5.28. The van der Waals surface area contributed by atoms with E-state index in [1.807, 2.05) is 0 Å². The minimum absolute atomic E-state index is 0.540. The average molecular weight is 245 g/mol. The SMILES string of the molecule is CN(CCCc1nc(CCl)cs1)C1CC1. The van der Waals surface area contributed by atoms with Crippen LogP contribution < -0.4 is 0 Å². The van der Waals surface area contributed by atoms with Gasteiger partial charge in [-0.2, -0.15) is 0 Å². The maximum absolute atomic E-state index is 5.71. The number of aromatic nitrogens is 1. The summed E-state index contributed by atoms with van der Waals surface area (Å²) in [5.41, 5.74) is 1.02. The zero-order chi connectivity index (χ0) is 10.7. The summed E-state index contributed by atoms with van der Waals surface area (Å²) >= 11 is 7.45. The molecule has 1 aromatic rings. The number of hydrogen-bond acceptors (Lipinski definition) is 3. The monoisotopic (exact) mass is 244 g/mol. The Bertz CT molecular complexity index is 309. The molecule has 0 radical (unpaired) electrons. The van der Waals surface area contributed by atoms with Crippen molar-refractivity contribution in [2.75, 3.05) is 13.6 Å². The van der Waals surface area contributed by atoms with Gasteiger partial charge >= 0.3 is 0 Å². The molecule has 1 saturated carbocycles. The molecule has 0 amide bonds. The van der Waals surface area contributed by atoms with E-state index < -0.39 is 0 Å². The van der Waals surface area contributed by atoms with Gasteiger partial charge in [0.05, 0.1) is 16.6 Å². The Morgan fingerprint density at radius 2 is 2.40 bits per heavy atom. The molecule has 0 spiro atoms. The van der Waals surface area contributed by atoms with Crippen LogP contribution in [0.5, 0.6) is 0 Å². The van der Waals surface area contributed by atoms with Crippen LogP contribution in [0.25, 0.3) is 0 Å². The van der Waals surface area contributed by atoms with Crippen LogP contribution in [-0.4, -0.2) is 29.5 Å². The predicted molar refractivity (Wildman–Crippen MR) is 65.6 cm³/mol. The molecule has 1 aromatic heterocycles. The number of thiazole rings is 1. The zero-order valence-corrected chi connectivity index (χ0v) is 10.7. The van der Waals surface area contributed by atoms with Crippen molar-refractivity contribution in [3.63, 3.8) is 0 Å². The molecule has 2 rings (SSSR count). The first-order chi connectivity index (χ1) is 7.29. The number of rotatable bonds is 6. The third kappa shape index (κ3) is 3.44. The predicted octanol–water partition coefficient (Wildman–Crippen LogP) is 2.91. The summed E-state index contributed by atoms with van der Waals surface area (Å²) in [6.07, 6.45) is 5.09. The fourth-order valence-electron chi connectivity index (χ4n) is 1.70.